The van der Waals surface area contributed by atoms with E-state index in [1.807, 2.05) is 12.1 Å². The summed E-state index contributed by atoms with van der Waals surface area (Å²) < 4.78 is 16.3. The van der Waals surface area contributed by atoms with E-state index in [-0.39, 0.29) is 22.8 Å². The normalized spacial score (nSPS) is 12.7. The van der Waals surface area contributed by atoms with Gasteiger partial charge in [0.25, 0.3) is 5.91 Å². The average Bonchev–Trinajstić information content (AvgIpc) is 3.32. The van der Waals surface area contributed by atoms with Gasteiger partial charge in [-0.3, -0.25) is 9.59 Å². The third-order valence-corrected chi connectivity index (χ3v) is 6.70. The Labute approximate surface area is 252 Å². The molecule has 4 N–H and O–H groups in total. The second-order valence-electron chi connectivity index (χ2n) is 9.11. The monoisotopic (exact) mass is 598 g/mol. The van der Waals surface area contributed by atoms with Crippen molar-refractivity contribution in [2.24, 2.45) is 0 Å². The number of amides is 2. The lowest BCUT2D eigenvalue weighted by molar-refractivity contribution is -0.112. The van der Waals surface area contributed by atoms with Gasteiger partial charge in [-0.1, -0.05) is 30.3 Å². The predicted molar refractivity (Wildman–Crippen MR) is 168 cm³/mol. The molecule has 5 rings (SSSR count). The lowest BCUT2D eigenvalue weighted by Gasteiger charge is -2.14. The van der Waals surface area contributed by atoms with E-state index in [4.69, 9.17) is 25.8 Å². The van der Waals surface area contributed by atoms with Crippen LogP contribution in [0.25, 0.3) is 11.6 Å². The van der Waals surface area contributed by atoms with Crippen molar-refractivity contribution in [3.63, 3.8) is 0 Å². The topological polar surface area (TPSA) is 136 Å². The Morgan fingerprint density at radius 1 is 0.977 bits per heavy atom. The maximum absolute atomic E-state index is 12.9. The molecule has 0 atom stereocenters. The minimum atomic E-state index is -0.353. The summed E-state index contributed by atoms with van der Waals surface area (Å²) in [6.45, 7) is 3.48. The van der Waals surface area contributed by atoms with E-state index in [2.05, 4.69) is 37.8 Å². The van der Waals surface area contributed by atoms with Crippen molar-refractivity contribution in [2.45, 2.75) is 0 Å². The highest BCUT2D eigenvalue weighted by atomic mass is 35.5. The highest BCUT2D eigenvalue weighted by Gasteiger charge is 2.25. The Kier molecular flexibility index (Phi) is 8.44. The van der Waals surface area contributed by atoms with Crippen molar-refractivity contribution < 1.29 is 23.8 Å². The molecule has 0 unspecified atom stereocenters. The van der Waals surface area contributed by atoms with Crippen molar-refractivity contribution in [1.82, 2.24) is 9.97 Å². The molecule has 0 spiro atoms. The number of ether oxygens (including phenoxy) is 3. The number of methoxy groups -OCH3 is 3. The summed E-state index contributed by atoms with van der Waals surface area (Å²) in [5.41, 5.74) is 4.22. The van der Waals surface area contributed by atoms with Crippen LogP contribution in [-0.4, -0.2) is 43.1 Å². The second-order valence-corrected chi connectivity index (χ2v) is 9.52. The van der Waals surface area contributed by atoms with Crippen molar-refractivity contribution in [3.8, 4) is 17.2 Å². The maximum Gasteiger partial charge on any atom is 0.256 e. The Hall–Kier alpha value is -5.55. The number of hydrogen-bond acceptors (Lipinski definition) is 9. The molecule has 43 heavy (non-hydrogen) atoms. The summed E-state index contributed by atoms with van der Waals surface area (Å²) in [5.74, 6) is 1.37. The maximum atomic E-state index is 12.9. The van der Waals surface area contributed by atoms with Crippen LogP contribution in [0.5, 0.6) is 17.2 Å². The molecule has 0 saturated heterocycles. The van der Waals surface area contributed by atoms with E-state index in [1.165, 1.54) is 33.6 Å². The fourth-order valence-electron chi connectivity index (χ4n) is 4.42. The molecule has 2 heterocycles. The summed E-state index contributed by atoms with van der Waals surface area (Å²) >= 11 is 6.39. The average molecular weight is 599 g/mol. The quantitative estimate of drug-likeness (QED) is 0.156. The van der Waals surface area contributed by atoms with Gasteiger partial charge in [0.05, 0.1) is 38.9 Å². The molecule has 11 nitrogen and oxygen atoms in total. The number of fused-ring (bicyclic) bond motifs is 1. The van der Waals surface area contributed by atoms with Gasteiger partial charge in [-0.2, -0.15) is 4.98 Å². The molecule has 0 bridgehead atoms. The van der Waals surface area contributed by atoms with Crippen LogP contribution >= 0.6 is 11.6 Å². The molecule has 1 aliphatic heterocycles. The van der Waals surface area contributed by atoms with Gasteiger partial charge >= 0.3 is 0 Å². The number of para-hydroxylation sites is 2. The number of benzene rings is 3. The number of anilines is 6. The summed E-state index contributed by atoms with van der Waals surface area (Å²) in [4.78, 5) is 33.6. The molecule has 2 amide bonds. The third-order valence-electron chi connectivity index (χ3n) is 6.42. The predicted octanol–water partition coefficient (Wildman–Crippen LogP) is 6.26. The lowest BCUT2D eigenvalue weighted by atomic mass is 10.0. The van der Waals surface area contributed by atoms with E-state index in [1.54, 1.807) is 48.5 Å². The van der Waals surface area contributed by atoms with E-state index in [0.29, 0.717) is 62.5 Å². The molecular formula is C31H27ClN6O5. The van der Waals surface area contributed by atoms with Crippen molar-refractivity contribution in [2.75, 3.05) is 42.6 Å². The number of nitrogens with zero attached hydrogens (tertiary/aromatic N) is 2. The minimum absolute atomic E-state index is 0.252. The Morgan fingerprint density at radius 2 is 1.70 bits per heavy atom. The van der Waals surface area contributed by atoms with Gasteiger partial charge in [-0.15, -0.1) is 0 Å². The molecule has 0 fully saturated rings. The van der Waals surface area contributed by atoms with E-state index < -0.39 is 0 Å². The van der Waals surface area contributed by atoms with Gasteiger partial charge in [-0.05, 0) is 60.2 Å². The summed E-state index contributed by atoms with van der Waals surface area (Å²) in [7, 11) is 4.59. The van der Waals surface area contributed by atoms with Crippen molar-refractivity contribution >= 4 is 69.6 Å². The Morgan fingerprint density at radius 3 is 2.37 bits per heavy atom. The highest BCUT2D eigenvalue weighted by molar-refractivity contribution is 6.35. The third kappa shape index (κ3) is 6.21. The first-order valence-corrected chi connectivity index (χ1v) is 13.3. The fraction of sp³-hybridized carbons (Fsp3) is 0.0968. The molecule has 218 valence electrons. The van der Waals surface area contributed by atoms with Gasteiger partial charge in [-0.25, -0.2) is 4.98 Å². The van der Waals surface area contributed by atoms with Crippen LogP contribution in [0.1, 0.15) is 11.1 Å². The van der Waals surface area contributed by atoms with Crippen LogP contribution in [0.2, 0.25) is 5.02 Å². The zero-order valence-electron chi connectivity index (χ0n) is 23.4. The molecule has 4 aromatic rings. The first-order valence-electron chi connectivity index (χ1n) is 12.9. The van der Waals surface area contributed by atoms with E-state index in [0.717, 1.165) is 0 Å². The van der Waals surface area contributed by atoms with Gasteiger partial charge in [0, 0.05) is 22.5 Å². The largest absolute Gasteiger partial charge is 0.493 e. The lowest BCUT2D eigenvalue weighted by Crippen LogP contribution is -2.09. The van der Waals surface area contributed by atoms with Crippen LogP contribution in [0.3, 0.4) is 0 Å². The minimum Gasteiger partial charge on any atom is -0.493 e. The van der Waals surface area contributed by atoms with Crippen molar-refractivity contribution in [1.29, 1.82) is 0 Å². The zero-order valence-corrected chi connectivity index (χ0v) is 24.2. The van der Waals surface area contributed by atoms with Gasteiger partial charge < -0.3 is 35.5 Å². The Bertz CT molecular complexity index is 1750. The number of aromatic nitrogens is 2. The number of carbonyl (C=O) groups is 2. The smallest absolute Gasteiger partial charge is 0.256 e. The Balaban J connectivity index is 1.43. The molecule has 12 heteroatoms. The molecule has 1 aromatic heterocycles. The second kappa shape index (κ2) is 12.5. The van der Waals surface area contributed by atoms with Crippen LogP contribution < -0.4 is 35.5 Å². The number of nitrogens with one attached hydrogen (secondary N) is 4. The van der Waals surface area contributed by atoms with E-state index >= 15 is 0 Å². The number of halogens is 1. The molecule has 0 aliphatic carbocycles. The number of hydrogen-bond donors (Lipinski definition) is 4. The molecule has 3 aromatic carbocycles. The van der Waals surface area contributed by atoms with Gasteiger partial charge in [0.1, 0.15) is 5.02 Å². The van der Waals surface area contributed by atoms with Crippen LogP contribution in [0, 0.1) is 0 Å². The van der Waals surface area contributed by atoms with Crippen LogP contribution in [0.15, 0.2) is 73.4 Å². The zero-order chi connectivity index (χ0) is 30.5. The van der Waals surface area contributed by atoms with Gasteiger partial charge in [0.15, 0.2) is 17.3 Å². The summed E-state index contributed by atoms with van der Waals surface area (Å²) in [6.07, 6.45) is 4.39. The van der Waals surface area contributed by atoms with Crippen LogP contribution in [-0.2, 0) is 9.59 Å². The molecular weight excluding hydrogens is 572 g/mol. The SMILES string of the molecule is C=CC(=O)Nc1ccccc1Nc1nc(Nc2ccc3c(c2)/C(=C/c2cc(OC)c(OC)c(OC)c2)C(=O)N3)ncc1Cl. The number of carbonyl (C=O) groups excluding carboxylic acids is 2. The highest BCUT2D eigenvalue weighted by Crippen LogP contribution is 2.41. The summed E-state index contributed by atoms with van der Waals surface area (Å²) in [5, 5.41) is 12.2. The standard InChI is InChI=1S/C31H27ClN6O5/c1-5-27(39)35-23-8-6-7-9-24(23)36-29-21(32)16-33-31(38-29)34-18-10-11-22-19(15-18)20(30(40)37-22)12-17-13-25(41-2)28(43-4)26(14-17)42-3/h5-16H,1H2,2-4H3,(H,35,39)(H,37,40)(H2,33,34,36,38)/b20-12-. The summed E-state index contributed by atoms with van der Waals surface area (Å²) in [6, 6.07) is 16.0. The molecule has 0 saturated carbocycles. The van der Waals surface area contributed by atoms with Crippen LogP contribution in [0.4, 0.5) is 34.5 Å². The van der Waals surface area contributed by atoms with E-state index in [9.17, 15) is 9.59 Å². The fourth-order valence-corrected chi connectivity index (χ4v) is 4.56. The molecule has 0 radical (unpaired) electrons. The first kappa shape index (κ1) is 29.0. The van der Waals surface area contributed by atoms with Gasteiger partial charge in [0.2, 0.25) is 17.6 Å². The van der Waals surface area contributed by atoms with Crippen molar-refractivity contribution in [3.05, 3.63) is 89.6 Å². The first-order chi connectivity index (χ1) is 20.8. The molecule has 1 aliphatic rings. The number of rotatable bonds is 10.